The maximum atomic E-state index is 6.28. The van der Waals surface area contributed by atoms with Crippen LogP contribution in [0.5, 0.6) is 0 Å². The van der Waals surface area contributed by atoms with Gasteiger partial charge in [0, 0.05) is 28.2 Å². The van der Waals surface area contributed by atoms with Crippen LogP contribution in [0.25, 0.3) is 27.6 Å². The minimum atomic E-state index is 0.685. The molecule has 4 nitrogen and oxygen atoms in total. The van der Waals surface area contributed by atoms with Gasteiger partial charge in [-0.15, -0.1) is 10.2 Å². The van der Waals surface area contributed by atoms with E-state index in [9.17, 15) is 0 Å². The summed E-state index contributed by atoms with van der Waals surface area (Å²) in [5.41, 5.74) is 5.82. The van der Waals surface area contributed by atoms with Crippen LogP contribution in [0.1, 0.15) is 16.1 Å². The van der Waals surface area contributed by atoms with Gasteiger partial charge in [0.15, 0.2) is 5.01 Å². The van der Waals surface area contributed by atoms with Crippen LogP contribution in [0, 0.1) is 6.92 Å². The van der Waals surface area contributed by atoms with E-state index in [1.54, 1.807) is 11.3 Å². The summed E-state index contributed by atoms with van der Waals surface area (Å²) in [5.74, 6) is 0. The normalized spacial score (nSPS) is 11.3. The molecule has 0 aliphatic carbocycles. The van der Waals surface area contributed by atoms with Gasteiger partial charge in [-0.1, -0.05) is 64.9 Å². The lowest BCUT2D eigenvalue weighted by molar-refractivity contribution is 1.00. The number of aryl methyl sites for hydroxylation is 1. The van der Waals surface area contributed by atoms with E-state index < -0.39 is 0 Å². The molecular formula is C23H16Cl2N4S. The van der Waals surface area contributed by atoms with E-state index in [2.05, 4.69) is 20.7 Å². The Labute approximate surface area is 187 Å². The number of imidazole rings is 1. The molecule has 5 rings (SSSR count). The number of benzene rings is 2. The third-order valence-electron chi connectivity index (χ3n) is 4.91. The quantitative estimate of drug-likeness (QED) is 0.304. The molecule has 0 N–H and O–H groups in total. The molecule has 0 saturated carbocycles. The summed E-state index contributed by atoms with van der Waals surface area (Å²) in [6, 6.07) is 19.7. The van der Waals surface area contributed by atoms with Crippen molar-refractivity contribution in [2.75, 3.05) is 0 Å². The molecule has 0 unspecified atom stereocenters. The van der Waals surface area contributed by atoms with Gasteiger partial charge in [0.05, 0.1) is 5.69 Å². The van der Waals surface area contributed by atoms with Crippen molar-refractivity contribution < 1.29 is 0 Å². The third-order valence-corrected chi connectivity index (χ3v) is 6.50. The molecular weight excluding hydrogens is 435 g/mol. The highest BCUT2D eigenvalue weighted by molar-refractivity contribution is 7.14. The second-order valence-electron chi connectivity index (χ2n) is 7.01. The Morgan fingerprint density at radius 1 is 0.967 bits per heavy atom. The fraction of sp³-hybridized carbons (Fsp3) is 0.0870. The Kier molecular flexibility index (Phi) is 5.03. The molecule has 0 saturated heterocycles. The van der Waals surface area contributed by atoms with Crippen molar-refractivity contribution >= 4 is 40.2 Å². The lowest BCUT2D eigenvalue weighted by Crippen LogP contribution is -1.89. The topological polar surface area (TPSA) is 43.1 Å². The molecule has 3 aromatic heterocycles. The van der Waals surface area contributed by atoms with Gasteiger partial charge >= 0.3 is 0 Å². The van der Waals surface area contributed by atoms with E-state index in [4.69, 9.17) is 28.2 Å². The Hall–Kier alpha value is -2.73. The lowest BCUT2D eigenvalue weighted by Gasteiger charge is -2.02. The van der Waals surface area contributed by atoms with Gasteiger partial charge in [-0.2, -0.15) is 0 Å². The number of nitrogens with zero attached hydrogens (tertiary/aromatic N) is 4. The number of rotatable bonds is 4. The molecule has 0 amide bonds. The molecule has 148 valence electrons. The number of fused-ring (bicyclic) bond motifs is 1. The van der Waals surface area contributed by atoms with Crippen LogP contribution in [0.2, 0.25) is 10.0 Å². The monoisotopic (exact) mass is 450 g/mol. The van der Waals surface area contributed by atoms with Crippen molar-refractivity contribution in [1.82, 2.24) is 19.6 Å². The summed E-state index contributed by atoms with van der Waals surface area (Å²) in [6.45, 7) is 2.00. The highest BCUT2D eigenvalue weighted by atomic mass is 35.5. The van der Waals surface area contributed by atoms with Crippen LogP contribution in [0.15, 0.2) is 66.9 Å². The van der Waals surface area contributed by atoms with Gasteiger partial charge in [-0.25, -0.2) is 4.98 Å². The molecule has 0 spiro atoms. The minimum absolute atomic E-state index is 0.685. The van der Waals surface area contributed by atoms with Crippen molar-refractivity contribution in [3.05, 3.63) is 93.0 Å². The van der Waals surface area contributed by atoms with Crippen LogP contribution in [-0.2, 0) is 6.42 Å². The predicted octanol–water partition coefficient (Wildman–Crippen LogP) is 6.73. The molecule has 0 aliphatic heterocycles. The van der Waals surface area contributed by atoms with Gasteiger partial charge in [-0.3, -0.25) is 4.40 Å². The van der Waals surface area contributed by atoms with Gasteiger partial charge in [-0.05, 0) is 48.4 Å². The highest BCUT2D eigenvalue weighted by Gasteiger charge is 2.19. The second kappa shape index (κ2) is 7.84. The third kappa shape index (κ3) is 3.60. The summed E-state index contributed by atoms with van der Waals surface area (Å²) >= 11 is 13.9. The van der Waals surface area contributed by atoms with Gasteiger partial charge in [0.2, 0.25) is 0 Å². The SMILES string of the molecule is Cc1ccc(Cc2nnc(-c3c(-c4ccc(Cl)cc4)nc4ccccn34)s2)cc1Cl. The number of pyridine rings is 1. The Balaban J connectivity index is 1.58. The number of hydrogen-bond acceptors (Lipinski definition) is 4. The molecule has 0 aliphatic rings. The standard InChI is InChI=1S/C23H16Cl2N4S/c1-14-5-6-15(12-18(14)25)13-20-27-28-23(30-20)22-21(16-7-9-17(24)10-8-16)26-19-4-2-3-11-29(19)22/h2-12H,13H2,1H3. The summed E-state index contributed by atoms with van der Waals surface area (Å²) < 4.78 is 2.05. The van der Waals surface area contributed by atoms with Crippen molar-refractivity contribution in [3.8, 4) is 22.0 Å². The summed E-state index contributed by atoms with van der Waals surface area (Å²) in [5, 5.41) is 12.2. The average molecular weight is 451 g/mol. The molecule has 5 aromatic rings. The second-order valence-corrected chi connectivity index (χ2v) is 8.91. The average Bonchev–Trinajstić information content (AvgIpc) is 3.35. The molecule has 2 aromatic carbocycles. The van der Waals surface area contributed by atoms with Crippen molar-refractivity contribution in [3.63, 3.8) is 0 Å². The fourth-order valence-corrected chi connectivity index (χ4v) is 4.60. The van der Waals surface area contributed by atoms with Crippen LogP contribution < -0.4 is 0 Å². The lowest BCUT2D eigenvalue weighted by atomic mass is 10.1. The number of hydrogen-bond donors (Lipinski definition) is 0. The van der Waals surface area contributed by atoms with E-state index in [0.717, 1.165) is 48.8 Å². The summed E-state index contributed by atoms with van der Waals surface area (Å²) in [4.78, 5) is 4.84. The summed E-state index contributed by atoms with van der Waals surface area (Å²) in [7, 11) is 0. The van der Waals surface area contributed by atoms with Crippen molar-refractivity contribution in [2.45, 2.75) is 13.3 Å². The van der Waals surface area contributed by atoms with E-state index in [-0.39, 0.29) is 0 Å². The predicted molar refractivity (Wildman–Crippen MR) is 124 cm³/mol. The first-order valence-corrected chi connectivity index (χ1v) is 11.0. The Morgan fingerprint density at radius 2 is 1.80 bits per heavy atom. The first kappa shape index (κ1) is 19.2. The van der Waals surface area contributed by atoms with E-state index in [1.807, 2.05) is 67.7 Å². The van der Waals surface area contributed by atoms with Crippen molar-refractivity contribution in [1.29, 1.82) is 0 Å². The highest BCUT2D eigenvalue weighted by Crippen LogP contribution is 2.35. The van der Waals surface area contributed by atoms with Gasteiger partial charge < -0.3 is 0 Å². The molecule has 0 atom stereocenters. The van der Waals surface area contributed by atoms with Crippen LogP contribution in [-0.4, -0.2) is 19.6 Å². The van der Waals surface area contributed by atoms with Crippen molar-refractivity contribution in [2.24, 2.45) is 0 Å². The molecule has 7 heteroatoms. The minimum Gasteiger partial charge on any atom is -0.297 e. The maximum absolute atomic E-state index is 6.28. The van der Waals surface area contributed by atoms with E-state index >= 15 is 0 Å². The Bertz CT molecular complexity index is 1360. The van der Waals surface area contributed by atoms with E-state index in [1.165, 1.54) is 0 Å². The molecule has 0 radical (unpaired) electrons. The first-order valence-electron chi connectivity index (χ1n) is 9.39. The number of aromatic nitrogens is 4. The fourth-order valence-electron chi connectivity index (χ4n) is 3.35. The zero-order valence-corrected chi connectivity index (χ0v) is 18.3. The summed E-state index contributed by atoms with van der Waals surface area (Å²) in [6.07, 6.45) is 2.68. The smallest absolute Gasteiger partial charge is 0.166 e. The molecule has 0 bridgehead atoms. The van der Waals surface area contributed by atoms with Crippen LogP contribution in [0.4, 0.5) is 0 Å². The zero-order valence-electron chi connectivity index (χ0n) is 16.0. The van der Waals surface area contributed by atoms with E-state index in [0.29, 0.717) is 11.4 Å². The van der Waals surface area contributed by atoms with Gasteiger partial charge in [0.25, 0.3) is 0 Å². The largest absolute Gasteiger partial charge is 0.297 e. The molecule has 30 heavy (non-hydrogen) atoms. The zero-order chi connectivity index (χ0) is 20.7. The van der Waals surface area contributed by atoms with Crippen LogP contribution >= 0.6 is 34.5 Å². The molecule has 0 fully saturated rings. The van der Waals surface area contributed by atoms with Gasteiger partial charge in [0.1, 0.15) is 16.3 Å². The first-order chi connectivity index (χ1) is 14.6. The number of halogens is 2. The maximum Gasteiger partial charge on any atom is 0.166 e. The molecule has 3 heterocycles. The Morgan fingerprint density at radius 3 is 2.60 bits per heavy atom. The van der Waals surface area contributed by atoms with Crippen LogP contribution in [0.3, 0.4) is 0 Å².